The lowest BCUT2D eigenvalue weighted by molar-refractivity contribution is -0.155. The maximum atomic E-state index is 12.4. The number of carbonyl (C=O) groups is 1. The molecule has 9 heteroatoms. The topological polar surface area (TPSA) is 119 Å². The predicted octanol–water partition coefficient (Wildman–Crippen LogP) is 5.34. The van der Waals surface area contributed by atoms with Crippen LogP contribution in [0.25, 0.3) is 22.4 Å². The summed E-state index contributed by atoms with van der Waals surface area (Å²) >= 11 is 0. The largest absolute Gasteiger partial charge is 0.507 e. The van der Waals surface area contributed by atoms with Gasteiger partial charge in [0, 0.05) is 29.4 Å². The molecule has 1 saturated heterocycles. The molecule has 0 radical (unpaired) electrons. The molecule has 2 aromatic carbocycles. The monoisotopic (exact) mass is 566 g/mol. The van der Waals surface area contributed by atoms with Gasteiger partial charge in [0.25, 0.3) is 0 Å². The summed E-state index contributed by atoms with van der Waals surface area (Å²) in [6, 6.07) is 19.0. The molecule has 0 amide bonds. The van der Waals surface area contributed by atoms with E-state index >= 15 is 0 Å². The van der Waals surface area contributed by atoms with E-state index in [1.165, 1.54) is 0 Å². The number of phenolic OH excluding ortho intramolecular Hbond substituents is 1. The van der Waals surface area contributed by atoms with Crippen molar-refractivity contribution in [1.29, 1.82) is 0 Å². The maximum Gasteiger partial charge on any atom is 0.309 e. The van der Waals surface area contributed by atoms with E-state index in [-0.39, 0.29) is 23.7 Å². The molecule has 1 aliphatic heterocycles. The van der Waals surface area contributed by atoms with Gasteiger partial charge in [0.15, 0.2) is 5.82 Å². The zero-order valence-corrected chi connectivity index (χ0v) is 24.0. The van der Waals surface area contributed by atoms with Crippen molar-refractivity contribution < 1.29 is 14.6 Å². The van der Waals surface area contributed by atoms with E-state index in [4.69, 9.17) is 10.5 Å². The molecule has 3 N–H and O–H groups in total. The number of benzene rings is 2. The molecule has 1 atom stereocenters. The van der Waals surface area contributed by atoms with Crippen molar-refractivity contribution in [3.63, 3.8) is 0 Å². The van der Waals surface area contributed by atoms with Crippen LogP contribution in [0.15, 0.2) is 73.1 Å². The number of rotatable bonds is 9. The van der Waals surface area contributed by atoms with Gasteiger partial charge >= 0.3 is 5.97 Å². The second kappa shape index (κ2) is 12.3. The van der Waals surface area contributed by atoms with E-state index in [0.29, 0.717) is 35.5 Å². The first kappa shape index (κ1) is 27.9. The summed E-state index contributed by atoms with van der Waals surface area (Å²) in [5.41, 5.74) is 10.0. The van der Waals surface area contributed by atoms with E-state index in [9.17, 15) is 9.90 Å². The number of piperidine rings is 1. The maximum absolute atomic E-state index is 12.4. The molecule has 0 bridgehead atoms. The number of phenols is 1. The van der Waals surface area contributed by atoms with Crippen LogP contribution in [0.3, 0.4) is 0 Å². The lowest BCUT2D eigenvalue weighted by Gasteiger charge is -2.40. The third kappa shape index (κ3) is 6.16. The SMILES string of the molecule is C[C@@H](C1CCN(CC2CC(C(=O)OCc3ccccc3)C2)CC1)n1cc(-c2cc(-c3ccccc3O)nnc2N)cn1. The minimum absolute atomic E-state index is 0.0457. The van der Waals surface area contributed by atoms with E-state index in [0.717, 1.165) is 62.0 Å². The van der Waals surface area contributed by atoms with E-state index in [1.807, 2.05) is 65.6 Å². The molecule has 4 aromatic rings. The number of esters is 1. The second-order valence-corrected chi connectivity index (χ2v) is 11.8. The first-order valence-electron chi connectivity index (χ1n) is 14.8. The average Bonchev–Trinajstić information content (AvgIpc) is 3.49. The molecule has 3 heterocycles. The number of aromatic nitrogens is 4. The van der Waals surface area contributed by atoms with Crippen LogP contribution in [0.4, 0.5) is 5.82 Å². The van der Waals surface area contributed by atoms with Crippen molar-refractivity contribution in [2.75, 3.05) is 25.4 Å². The van der Waals surface area contributed by atoms with Crippen LogP contribution < -0.4 is 5.73 Å². The van der Waals surface area contributed by atoms with Gasteiger partial charge < -0.3 is 20.5 Å². The van der Waals surface area contributed by atoms with Crippen molar-refractivity contribution >= 4 is 11.8 Å². The average molecular weight is 567 g/mol. The van der Waals surface area contributed by atoms with Crippen LogP contribution >= 0.6 is 0 Å². The van der Waals surface area contributed by atoms with Gasteiger partial charge in [-0.15, -0.1) is 10.2 Å². The fraction of sp³-hybridized carbons (Fsp3) is 0.394. The molecule has 42 heavy (non-hydrogen) atoms. The molecule has 2 aromatic heterocycles. The number of anilines is 1. The summed E-state index contributed by atoms with van der Waals surface area (Å²) in [6.07, 6.45) is 7.94. The summed E-state index contributed by atoms with van der Waals surface area (Å²) in [7, 11) is 0. The highest BCUT2D eigenvalue weighted by atomic mass is 16.5. The Balaban J connectivity index is 0.982. The Morgan fingerprint density at radius 3 is 2.55 bits per heavy atom. The summed E-state index contributed by atoms with van der Waals surface area (Å²) < 4.78 is 7.57. The summed E-state index contributed by atoms with van der Waals surface area (Å²) in [6.45, 7) is 5.78. The van der Waals surface area contributed by atoms with Crippen LogP contribution in [0, 0.1) is 17.8 Å². The van der Waals surface area contributed by atoms with Gasteiger partial charge in [-0.3, -0.25) is 9.48 Å². The van der Waals surface area contributed by atoms with E-state index < -0.39 is 0 Å². The number of nitrogens with two attached hydrogens (primary N) is 1. The van der Waals surface area contributed by atoms with Crippen molar-refractivity contribution in [2.45, 2.75) is 45.3 Å². The molecule has 2 fully saturated rings. The van der Waals surface area contributed by atoms with E-state index in [2.05, 4.69) is 27.1 Å². The van der Waals surface area contributed by atoms with Gasteiger partial charge in [0.2, 0.25) is 0 Å². The molecule has 6 rings (SSSR count). The van der Waals surface area contributed by atoms with Gasteiger partial charge in [0.05, 0.1) is 23.9 Å². The predicted molar refractivity (Wildman–Crippen MR) is 161 cm³/mol. The third-order valence-electron chi connectivity index (χ3n) is 8.96. The van der Waals surface area contributed by atoms with Crippen molar-refractivity contribution in [3.8, 4) is 28.1 Å². The highest BCUT2D eigenvalue weighted by molar-refractivity contribution is 5.78. The number of aromatic hydroxyl groups is 1. The van der Waals surface area contributed by atoms with Gasteiger partial charge in [-0.05, 0) is 81.3 Å². The van der Waals surface area contributed by atoms with Crippen molar-refractivity contribution in [1.82, 2.24) is 24.9 Å². The number of para-hydroxylation sites is 1. The third-order valence-corrected chi connectivity index (χ3v) is 8.96. The smallest absolute Gasteiger partial charge is 0.309 e. The lowest BCUT2D eigenvalue weighted by Crippen LogP contribution is -2.43. The van der Waals surface area contributed by atoms with Crippen LogP contribution in [0.5, 0.6) is 5.75 Å². The minimum atomic E-state index is -0.0556. The minimum Gasteiger partial charge on any atom is -0.507 e. The number of likely N-dealkylation sites (tertiary alicyclic amines) is 1. The van der Waals surface area contributed by atoms with Crippen LogP contribution in [0.2, 0.25) is 0 Å². The number of nitrogen functional groups attached to an aromatic ring is 1. The Morgan fingerprint density at radius 2 is 1.79 bits per heavy atom. The zero-order chi connectivity index (χ0) is 29.1. The van der Waals surface area contributed by atoms with Crippen molar-refractivity contribution in [2.24, 2.45) is 17.8 Å². The Hall–Kier alpha value is -4.24. The molecule has 218 valence electrons. The second-order valence-electron chi connectivity index (χ2n) is 11.8. The van der Waals surface area contributed by atoms with Crippen molar-refractivity contribution in [3.05, 3.63) is 78.6 Å². The first-order valence-corrected chi connectivity index (χ1v) is 14.8. The van der Waals surface area contributed by atoms with Gasteiger partial charge in [-0.1, -0.05) is 42.5 Å². The summed E-state index contributed by atoms with van der Waals surface area (Å²) in [4.78, 5) is 15.0. The van der Waals surface area contributed by atoms with Gasteiger partial charge in [-0.25, -0.2) is 0 Å². The molecule has 0 spiro atoms. The molecule has 1 saturated carbocycles. The number of hydrogen-bond acceptors (Lipinski definition) is 8. The normalized spacial score (nSPS) is 20.1. The highest BCUT2D eigenvalue weighted by Gasteiger charge is 2.37. The quantitative estimate of drug-likeness (QED) is 0.261. The first-order chi connectivity index (χ1) is 20.4. The number of hydrogen-bond donors (Lipinski definition) is 2. The molecular weight excluding hydrogens is 528 g/mol. The Labute approximate surface area is 246 Å². The molecule has 1 aliphatic carbocycles. The van der Waals surface area contributed by atoms with E-state index in [1.54, 1.807) is 12.1 Å². The molecule has 2 aliphatic rings. The Kier molecular flexibility index (Phi) is 8.19. The summed E-state index contributed by atoms with van der Waals surface area (Å²) in [5.74, 6) is 1.57. The molecule has 9 nitrogen and oxygen atoms in total. The fourth-order valence-corrected chi connectivity index (χ4v) is 6.28. The number of carbonyl (C=O) groups excluding carboxylic acids is 1. The van der Waals surface area contributed by atoms with Crippen LogP contribution in [-0.4, -0.2) is 55.6 Å². The zero-order valence-electron chi connectivity index (χ0n) is 24.0. The molecular formula is C33H38N6O3. The highest BCUT2D eigenvalue weighted by Crippen LogP contribution is 2.37. The fourth-order valence-electron chi connectivity index (χ4n) is 6.28. The molecule has 0 unspecified atom stereocenters. The van der Waals surface area contributed by atoms with Gasteiger partial charge in [0.1, 0.15) is 12.4 Å². The van der Waals surface area contributed by atoms with Gasteiger partial charge in [-0.2, -0.15) is 5.10 Å². The number of ether oxygens (including phenoxy) is 1. The van der Waals surface area contributed by atoms with Crippen LogP contribution in [0.1, 0.15) is 44.2 Å². The van der Waals surface area contributed by atoms with Crippen LogP contribution in [-0.2, 0) is 16.1 Å². The standard InChI is InChI=1S/C33H38N6O3/c1-22(39-20-27(18-35-39)29-17-30(36-37-32(29)34)28-9-5-6-10-31(28)40)25-11-13-38(14-12-25)19-24-15-26(16-24)33(41)42-21-23-7-3-2-4-8-23/h2-10,17-18,20,22,24-26,40H,11-16,19,21H2,1H3,(H2,34,37)/t22-,24?,26?/m0/s1. The lowest BCUT2D eigenvalue weighted by atomic mass is 9.74. The number of nitrogens with zero attached hydrogens (tertiary/aromatic N) is 5. The Morgan fingerprint density at radius 1 is 1.05 bits per heavy atom. The summed E-state index contributed by atoms with van der Waals surface area (Å²) in [5, 5.41) is 23.3. The Bertz CT molecular complexity index is 1510.